The summed E-state index contributed by atoms with van der Waals surface area (Å²) in [4.78, 5) is 12.4. The van der Waals surface area contributed by atoms with Crippen LogP contribution in [0.25, 0.3) is 0 Å². The molecule has 7 nitrogen and oxygen atoms in total. The molecule has 1 fully saturated rings. The quantitative estimate of drug-likeness (QED) is 0.732. The second kappa shape index (κ2) is 8.28. The third-order valence-electron chi connectivity index (χ3n) is 4.10. The van der Waals surface area contributed by atoms with Crippen molar-refractivity contribution in [3.8, 4) is 0 Å². The van der Waals surface area contributed by atoms with E-state index in [1.165, 1.54) is 15.6 Å². The molecule has 3 N–H and O–H groups in total. The number of nitrogens with zero attached hydrogens (tertiary/aromatic N) is 1. The lowest BCUT2D eigenvalue weighted by molar-refractivity contribution is 0.0730. The van der Waals surface area contributed by atoms with Gasteiger partial charge in [0, 0.05) is 36.4 Å². The van der Waals surface area contributed by atoms with Crippen LogP contribution in [0.5, 0.6) is 0 Å². The lowest BCUT2D eigenvalue weighted by atomic mass is 10.2. The number of carbonyl (C=O) groups is 1. The largest absolute Gasteiger partial charge is 0.379 e. The minimum atomic E-state index is -3.46. The predicted molar refractivity (Wildman–Crippen MR) is 99.4 cm³/mol. The second-order valence-electron chi connectivity index (χ2n) is 5.93. The minimum absolute atomic E-state index is 0.299. The number of nitrogens with one attached hydrogen (secondary N) is 1. The molecule has 0 aliphatic carbocycles. The molecule has 1 aliphatic heterocycles. The van der Waals surface area contributed by atoms with Crippen LogP contribution in [0.4, 0.5) is 0 Å². The number of hydrogen-bond acceptors (Lipinski definition) is 6. The van der Waals surface area contributed by atoms with Crippen molar-refractivity contribution >= 4 is 27.3 Å². The predicted octanol–water partition coefficient (Wildman–Crippen LogP) is 1.16. The monoisotopic (exact) mass is 395 g/mol. The van der Waals surface area contributed by atoms with Gasteiger partial charge in [0.15, 0.2) is 0 Å². The van der Waals surface area contributed by atoms with Gasteiger partial charge in [-0.3, -0.25) is 4.79 Å². The van der Waals surface area contributed by atoms with Crippen LogP contribution in [-0.2, 0) is 27.8 Å². The Balaban J connectivity index is 1.56. The molecule has 0 unspecified atom stereocenters. The maximum Gasteiger partial charge on any atom is 0.249 e. The van der Waals surface area contributed by atoms with Crippen molar-refractivity contribution in [2.75, 3.05) is 26.3 Å². The summed E-state index contributed by atoms with van der Waals surface area (Å²) in [5.74, 6) is -0.426. The van der Waals surface area contributed by atoms with Gasteiger partial charge in [0.1, 0.15) is 0 Å². The van der Waals surface area contributed by atoms with Crippen molar-refractivity contribution < 1.29 is 17.9 Å². The Morgan fingerprint density at radius 2 is 1.88 bits per heavy atom. The van der Waals surface area contributed by atoms with E-state index in [-0.39, 0.29) is 0 Å². The summed E-state index contributed by atoms with van der Waals surface area (Å²) in [6.45, 7) is 2.86. The van der Waals surface area contributed by atoms with E-state index >= 15 is 0 Å². The Morgan fingerprint density at radius 1 is 1.19 bits per heavy atom. The molecule has 1 amide bonds. The summed E-state index contributed by atoms with van der Waals surface area (Å²) in [5, 5.41) is 5.01. The lowest BCUT2D eigenvalue weighted by Gasteiger charge is -2.26. The molecule has 0 spiro atoms. The van der Waals surface area contributed by atoms with E-state index in [9.17, 15) is 13.2 Å². The first-order valence-electron chi connectivity index (χ1n) is 8.21. The van der Waals surface area contributed by atoms with Gasteiger partial charge in [0.05, 0.1) is 23.7 Å². The summed E-state index contributed by atoms with van der Waals surface area (Å²) in [7, 11) is -3.46. The molecule has 1 aromatic carbocycles. The van der Waals surface area contributed by atoms with Gasteiger partial charge in [-0.25, -0.2) is 8.42 Å². The highest BCUT2D eigenvalue weighted by molar-refractivity contribution is 7.89. The first-order chi connectivity index (χ1) is 12.5. The zero-order valence-corrected chi connectivity index (χ0v) is 15.8. The standard InChI is InChI=1S/C17H21N3O4S2/c18-17(21)14-9-15(25-12-14)11-19-10-13-1-3-16(4-2-13)26(22,23)20-5-7-24-8-6-20/h1-4,9,12,19H,5-8,10-11H2,(H2,18,21). The molecule has 0 saturated carbocycles. The summed E-state index contributed by atoms with van der Waals surface area (Å²) in [5.41, 5.74) is 6.74. The van der Waals surface area contributed by atoms with Crippen molar-refractivity contribution in [1.29, 1.82) is 0 Å². The number of morpholine rings is 1. The van der Waals surface area contributed by atoms with E-state index < -0.39 is 15.9 Å². The maximum absolute atomic E-state index is 12.6. The number of benzene rings is 1. The molecule has 1 aliphatic rings. The van der Waals surface area contributed by atoms with Crippen molar-refractivity contribution in [3.63, 3.8) is 0 Å². The first kappa shape index (κ1) is 19.0. The van der Waals surface area contributed by atoms with Crippen molar-refractivity contribution in [2.45, 2.75) is 18.0 Å². The van der Waals surface area contributed by atoms with Crippen LogP contribution in [0, 0.1) is 0 Å². The highest BCUT2D eigenvalue weighted by Crippen LogP contribution is 2.18. The number of hydrogen-bond donors (Lipinski definition) is 2. The van der Waals surface area contributed by atoms with E-state index in [0.717, 1.165) is 10.4 Å². The molecule has 2 heterocycles. The number of carbonyl (C=O) groups excluding carboxylic acids is 1. The number of ether oxygens (including phenoxy) is 1. The van der Waals surface area contributed by atoms with Crippen LogP contribution in [0.2, 0.25) is 0 Å². The number of sulfonamides is 1. The molecular weight excluding hydrogens is 374 g/mol. The van der Waals surface area contributed by atoms with Crippen molar-refractivity contribution in [2.24, 2.45) is 5.73 Å². The average molecular weight is 396 g/mol. The van der Waals surface area contributed by atoms with E-state index in [1.807, 2.05) is 12.1 Å². The number of rotatable bonds is 7. The van der Waals surface area contributed by atoms with Gasteiger partial charge < -0.3 is 15.8 Å². The van der Waals surface area contributed by atoms with Crippen molar-refractivity contribution in [1.82, 2.24) is 9.62 Å². The molecule has 1 aromatic heterocycles. The summed E-state index contributed by atoms with van der Waals surface area (Å²) in [6.07, 6.45) is 0. The smallest absolute Gasteiger partial charge is 0.249 e. The molecule has 1 saturated heterocycles. The number of thiophene rings is 1. The molecule has 2 aromatic rings. The Hall–Kier alpha value is -1.78. The zero-order valence-electron chi connectivity index (χ0n) is 14.2. The fraction of sp³-hybridized carbons (Fsp3) is 0.353. The van der Waals surface area contributed by atoms with Gasteiger partial charge in [-0.2, -0.15) is 4.31 Å². The molecule has 0 radical (unpaired) electrons. The Labute approximate surface area is 156 Å². The summed E-state index contributed by atoms with van der Waals surface area (Å²) in [6, 6.07) is 8.67. The third kappa shape index (κ3) is 4.49. The topological polar surface area (TPSA) is 102 Å². The highest BCUT2D eigenvalue weighted by atomic mass is 32.2. The van der Waals surface area contributed by atoms with Gasteiger partial charge in [-0.15, -0.1) is 11.3 Å². The Bertz CT molecular complexity index is 856. The normalized spacial score (nSPS) is 15.8. The van der Waals surface area contributed by atoms with E-state index in [2.05, 4.69) is 5.32 Å². The molecule has 0 bridgehead atoms. The lowest BCUT2D eigenvalue weighted by Crippen LogP contribution is -2.40. The van der Waals surface area contributed by atoms with Gasteiger partial charge in [0.25, 0.3) is 0 Å². The van der Waals surface area contributed by atoms with Crippen molar-refractivity contribution in [3.05, 3.63) is 51.7 Å². The SMILES string of the molecule is NC(=O)c1csc(CNCc2ccc(S(=O)(=O)N3CCOCC3)cc2)c1. The van der Waals surface area contributed by atoms with Crippen LogP contribution >= 0.6 is 11.3 Å². The number of amides is 1. The van der Waals surface area contributed by atoms with Gasteiger partial charge in [0.2, 0.25) is 15.9 Å². The maximum atomic E-state index is 12.6. The van der Waals surface area contributed by atoms with E-state index in [0.29, 0.717) is 49.9 Å². The molecule has 0 atom stereocenters. The van der Waals surface area contributed by atoms with E-state index in [1.54, 1.807) is 23.6 Å². The number of primary amides is 1. The van der Waals surface area contributed by atoms with Crippen LogP contribution in [0.1, 0.15) is 20.8 Å². The highest BCUT2D eigenvalue weighted by Gasteiger charge is 2.25. The minimum Gasteiger partial charge on any atom is -0.379 e. The molecule has 3 rings (SSSR count). The second-order valence-corrected chi connectivity index (χ2v) is 8.86. The Morgan fingerprint density at radius 3 is 2.50 bits per heavy atom. The third-order valence-corrected chi connectivity index (χ3v) is 6.95. The Kier molecular flexibility index (Phi) is 6.05. The van der Waals surface area contributed by atoms with E-state index in [4.69, 9.17) is 10.5 Å². The average Bonchev–Trinajstić information content (AvgIpc) is 3.12. The summed E-state index contributed by atoms with van der Waals surface area (Å²) < 4.78 is 31.8. The molecule has 9 heteroatoms. The fourth-order valence-electron chi connectivity index (χ4n) is 2.65. The molecule has 26 heavy (non-hydrogen) atoms. The van der Waals surface area contributed by atoms with Crippen LogP contribution < -0.4 is 11.1 Å². The van der Waals surface area contributed by atoms with Crippen LogP contribution in [-0.4, -0.2) is 44.9 Å². The fourth-order valence-corrected chi connectivity index (χ4v) is 4.90. The first-order valence-corrected chi connectivity index (χ1v) is 10.5. The van der Waals surface area contributed by atoms with Crippen LogP contribution in [0.3, 0.4) is 0 Å². The zero-order chi connectivity index (χ0) is 18.6. The van der Waals surface area contributed by atoms with Gasteiger partial charge in [-0.05, 0) is 23.8 Å². The molecule has 140 valence electrons. The van der Waals surface area contributed by atoms with Gasteiger partial charge >= 0.3 is 0 Å². The number of nitrogens with two attached hydrogens (primary N) is 1. The van der Waals surface area contributed by atoms with Gasteiger partial charge in [-0.1, -0.05) is 12.1 Å². The summed E-state index contributed by atoms with van der Waals surface area (Å²) >= 11 is 1.48. The van der Waals surface area contributed by atoms with Crippen LogP contribution in [0.15, 0.2) is 40.6 Å². The molecular formula is C17H21N3O4S2.